The van der Waals surface area contributed by atoms with E-state index in [1.807, 2.05) is 19.1 Å². The van der Waals surface area contributed by atoms with Gasteiger partial charge in [0.25, 0.3) is 17.1 Å². The van der Waals surface area contributed by atoms with E-state index >= 15 is 0 Å². The molecule has 10 heteroatoms. The third-order valence-electron chi connectivity index (χ3n) is 5.50. The molecule has 2 aromatic rings. The van der Waals surface area contributed by atoms with Gasteiger partial charge in [0.15, 0.2) is 6.61 Å². The number of hydrogen-bond acceptors (Lipinski definition) is 7. The first kappa shape index (κ1) is 24.5. The van der Waals surface area contributed by atoms with Gasteiger partial charge in [-0.1, -0.05) is 30.3 Å². The van der Waals surface area contributed by atoms with Crippen molar-refractivity contribution < 1.29 is 28.7 Å². The van der Waals surface area contributed by atoms with E-state index in [0.29, 0.717) is 43.3 Å². The van der Waals surface area contributed by atoms with E-state index in [1.54, 1.807) is 47.4 Å². The molecule has 9 nitrogen and oxygen atoms in total. The zero-order valence-corrected chi connectivity index (χ0v) is 20.0. The number of thioether (sulfide) groups is 1. The fourth-order valence-electron chi connectivity index (χ4n) is 3.54. The predicted molar refractivity (Wildman–Crippen MR) is 132 cm³/mol. The lowest BCUT2D eigenvalue weighted by Gasteiger charge is -2.26. The number of morpholine rings is 1. The van der Waals surface area contributed by atoms with Crippen molar-refractivity contribution in [1.82, 2.24) is 9.80 Å². The number of nitrogens with zero attached hydrogens (tertiary/aromatic N) is 2. The average Bonchev–Trinajstić information content (AvgIpc) is 3.12. The van der Waals surface area contributed by atoms with E-state index in [1.165, 1.54) is 0 Å². The average molecular weight is 496 g/mol. The van der Waals surface area contributed by atoms with E-state index in [2.05, 4.69) is 5.32 Å². The highest BCUT2D eigenvalue weighted by Crippen LogP contribution is 2.32. The summed E-state index contributed by atoms with van der Waals surface area (Å²) >= 11 is 0.789. The summed E-state index contributed by atoms with van der Waals surface area (Å²) in [6.07, 6.45) is 1.59. The predicted octanol–water partition coefficient (Wildman–Crippen LogP) is 2.91. The summed E-state index contributed by atoms with van der Waals surface area (Å²) in [6, 6.07) is 14.1. The molecule has 0 aliphatic carbocycles. The van der Waals surface area contributed by atoms with Gasteiger partial charge in [-0.2, -0.15) is 0 Å². The molecule has 0 bridgehead atoms. The maximum atomic E-state index is 12.7. The summed E-state index contributed by atoms with van der Waals surface area (Å²) in [4.78, 5) is 52.5. The first-order valence-corrected chi connectivity index (χ1v) is 11.9. The number of ether oxygens (including phenoxy) is 2. The molecular formula is C25H25N3O6S. The number of aryl methyl sites for hydroxylation is 1. The second-order valence-corrected chi connectivity index (χ2v) is 8.98. The summed E-state index contributed by atoms with van der Waals surface area (Å²) in [6.45, 7) is 3.61. The van der Waals surface area contributed by atoms with Gasteiger partial charge in [0.1, 0.15) is 12.3 Å². The minimum absolute atomic E-state index is 0.0667. The lowest BCUT2D eigenvalue weighted by Crippen LogP contribution is -2.42. The standard InChI is InChI=1S/C25H25N3O6S/c1-17-4-2-3-5-20(17)26-22(29)15-28-24(31)21(35-25(28)32)14-18-6-8-19(9-7-18)34-16-23(30)27-10-12-33-13-11-27/h2-9,14H,10-13,15-16H2,1H3,(H,26,29)/b21-14+. The van der Waals surface area contributed by atoms with Crippen molar-refractivity contribution in [1.29, 1.82) is 0 Å². The Morgan fingerprint density at radius 3 is 2.51 bits per heavy atom. The second-order valence-electron chi connectivity index (χ2n) is 7.98. The molecule has 2 fully saturated rings. The van der Waals surface area contributed by atoms with Crippen LogP contribution in [0.3, 0.4) is 0 Å². The molecule has 0 radical (unpaired) electrons. The van der Waals surface area contributed by atoms with Crippen molar-refractivity contribution in [2.24, 2.45) is 0 Å². The largest absolute Gasteiger partial charge is 0.484 e. The van der Waals surface area contributed by atoms with Crippen LogP contribution in [0.4, 0.5) is 10.5 Å². The Kier molecular flexibility index (Phi) is 7.84. The third kappa shape index (κ3) is 6.28. The molecule has 0 atom stereocenters. The Bertz CT molecular complexity index is 1160. The van der Waals surface area contributed by atoms with Gasteiger partial charge in [-0.25, -0.2) is 0 Å². The van der Waals surface area contributed by atoms with E-state index < -0.39 is 17.1 Å². The number of carbonyl (C=O) groups is 4. The summed E-state index contributed by atoms with van der Waals surface area (Å²) in [5, 5.41) is 2.23. The molecule has 1 N–H and O–H groups in total. The number of amides is 4. The Balaban J connectivity index is 1.32. The summed E-state index contributed by atoms with van der Waals surface area (Å²) in [5.74, 6) is -0.547. The molecule has 4 amide bonds. The third-order valence-corrected chi connectivity index (χ3v) is 6.41. The smallest absolute Gasteiger partial charge is 0.294 e. The monoisotopic (exact) mass is 495 g/mol. The molecule has 2 aliphatic heterocycles. The van der Waals surface area contributed by atoms with Gasteiger partial charge in [0.05, 0.1) is 18.1 Å². The molecule has 35 heavy (non-hydrogen) atoms. The summed E-state index contributed by atoms with van der Waals surface area (Å²) < 4.78 is 10.8. The molecule has 2 aliphatic rings. The maximum Gasteiger partial charge on any atom is 0.294 e. The molecule has 0 aromatic heterocycles. The highest BCUT2D eigenvalue weighted by atomic mass is 32.2. The van der Waals surface area contributed by atoms with Crippen LogP contribution in [-0.4, -0.2) is 72.2 Å². The fraction of sp³-hybridized carbons (Fsp3) is 0.280. The molecule has 4 rings (SSSR count). The zero-order valence-electron chi connectivity index (χ0n) is 19.2. The van der Waals surface area contributed by atoms with Crippen molar-refractivity contribution in [3.63, 3.8) is 0 Å². The van der Waals surface area contributed by atoms with Crippen LogP contribution in [0.5, 0.6) is 5.75 Å². The molecule has 2 heterocycles. The SMILES string of the molecule is Cc1ccccc1NC(=O)CN1C(=O)S/C(=C/c2ccc(OCC(=O)N3CCOCC3)cc2)C1=O. The van der Waals surface area contributed by atoms with Gasteiger partial charge in [-0.05, 0) is 54.1 Å². The van der Waals surface area contributed by atoms with E-state index in [9.17, 15) is 19.2 Å². The molecule has 0 spiro atoms. The van der Waals surface area contributed by atoms with Gasteiger partial charge in [0, 0.05) is 18.8 Å². The van der Waals surface area contributed by atoms with Gasteiger partial charge in [-0.3, -0.25) is 24.1 Å². The minimum atomic E-state index is -0.517. The van der Waals surface area contributed by atoms with Crippen LogP contribution in [0.2, 0.25) is 0 Å². The maximum absolute atomic E-state index is 12.7. The minimum Gasteiger partial charge on any atom is -0.484 e. The van der Waals surface area contributed by atoms with Crippen LogP contribution in [-0.2, 0) is 19.1 Å². The first-order valence-electron chi connectivity index (χ1n) is 11.1. The van der Waals surface area contributed by atoms with E-state index in [0.717, 1.165) is 22.2 Å². The van der Waals surface area contributed by atoms with Gasteiger partial charge in [-0.15, -0.1) is 0 Å². The fourth-order valence-corrected chi connectivity index (χ4v) is 4.38. The number of benzene rings is 2. The van der Waals surface area contributed by atoms with Gasteiger partial charge < -0.3 is 19.7 Å². The number of hydrogen-bond donors (Lipinski definition) is 1. The zero-order chi connectivity index (χ0) is 24.8. The second kappa shape index (κ2) is 11.2. The Morgan fingerprint density at radius 1 is 1.09 bits per heavy atom. The molecule has 0 saturated carbocycles. The lowest BCUT2D eigenvalue weighted by atomic mass is 10.2. The lowest BCUT2D eigenvalue weighted by molar-refractivity contribution is -0.137. The van der Waals surface area contributed by atoms with Gasteiger partial charge >= 0.3 is 0 Å². The number of carbonyl (C=O) groups excluding carboxylic acids is 4. The topological polar surface area (TPSA) is 105 Å². The van der Waals surface area contributed by atoms with Crippen LogP contribution < -0.4 is 10.1 Å². The molecule has 2 saturated heterocycles. The van der Waals surface area contributed by atoms with Crippen LogP contribution >= 0.6 is 11.8 Å². The molecule has 182 valence electrons. The number of rotatable bonds is 7. The van der Waals surface area contributed by atoms with Crippen molar-refractivity contribution in [2.75, 3.05) is 44.8 Å². The highest BCUT2D eigenvalue weighted by Gasteiger charge is 2.36. The van der Waals surface area contributed by atoms with Crippen LogP contribution in [0.25, 0.3) is 6.08 Å². The quantitative estimate of drug-likeness (QED) is 0.589. The summed E-state index contributed by atoms with van der Waals surface area (Å²) in [7, 11) is 0. The van der Waals surface area contributed by atoms with Crippen LogP contribution in [0.15, 0.2) is 53.4 Å². The highest BCUT2D eigenvalue weighted by molar-refractivity contribution is 8.18. The van der Waals surface area contributed by atoms with Crippen LogP contribution in [0, 0.1) is 6.92 Å². The number of anilines is 1. The normalized spacial score (nSPS) is 17.1. The first-order chi connectivity index (χ1) is 16.9. The van der Waals surface area contributed by atoms with Crippen molar-refractivity contribution in [2.45, 2.75) is 6.92 Å². The van der Waals surface area contributed by atoms with Crippen molar-refractivity contribution in [3.8, 4) is 5.75 Å². The summed E-state index contributed by atoms with van der Waals surface area (Å²) in [5.41, 5.74) is 2.20. The molecular weight excluding hydrogens is 470 g/mol. The van der Waals surface area contributed by atoms with E-state index in [-0.39, 0.29) is 24.0 Å². The van der Waals surface area contributed by atoms with Crippen molar-refractivity contribution in [3.05, 3.63) is 64.6 Å². The number of nitrogens with one attached hydrogen (secondary N) is 1. The van der Waals surface area contributed by atoms with E-state index in [4.69, 9.17) is 9.47 Å². The number of para-hydroxylation sites is 1. The van der Waals surface area contributed by atoms with Crippen LogP contribution in [0.1, 0.15) is 11.1 Å². The van der Waals surface area contributed by atoms with Gasteiger partial charge in [0.2, 0.25) is 5.91 Å². The van der Waals surface area contributed by atoms with Crippen molar-refractivity contribution >= 4 is 46.5 Å². The molecule has 2 aromatic carbocycles. The Labute approximate surface area is 207 Å². The number of imide groups is 1. The Hall–Kier alpha value is -3.63. The Morgan fingerprint density at radius 2 is 1.80 bits per heavy atom. The molecule has 0 unspecified atom stereocenters.